The van der Waals surface area contributed by atoms with Crippen LogP contribution in [0.15, 0.2) is 47.4 Å². The molecule has 0 unspecified atom stereocenters. The lowest BCUT2D eigenvalue weighted by molar-refractivity contribution is -0.135. The maximum absolute atomic E-state index is 12.9. The van der Waals surface area contributed by atoms with Crippen molar-refractivity contribution in [3.63, 3.8) is 0 Å². The zero-order valence-electron chi connectivity index (χ0n) is 19.6. The van der Waals surface area contributed by atoms with Crippen molar-refractivity contribution in [3.8, 4) is 28.3 Å². The Kier molecular flexibility index (Phi) is 5.89. The summed E-state index contributed by atoms with van der Waals surface area (Å²) in [5.41, 5.74) is 5.18. The summed E-state index contributed by atoms with van der Waals surface area (Å²) in [6.45, 7) is 2.45. The summed E-state index contributed by atoms with van der Waals surface area (Å²) in [7, 11) is 1.59. The van der Waals surface area contributed by atoms with E-state index in [1.807, 2.05) is 43.5 Å². The summed E-state index contributed by atoms with van der Waals surface area (Å²) in [6, 6.07) is 7.02. The van der Waals surface area contributed by atoms with Gasteiger partial charge in [-0.15, -0.1) is 0 Å². The van der Waals surface area contributed by atoms with Gasteiger partial charge in [-0.1, -0.05) is 5.16 Å². The Labute approximate surface area is 199 Å². The molecule has 5 aromatic rings. The highest BCUT2D eigenvalue weighted by Gasteiger charge is 2.23. The van der Waals surface area contributed by atoms with Gasteiger partial charge in [0.15, 0.2) is 0 Å². The van der Waals surface area contributed by atoms with Gasteiger partial charge in [0.1, 0.15) is 22.9 Å². The second kappa shape index (κ2) is 9.03. The number of imidazole rings is 1. The molecule has 4 aromatic heterocycles. The summed E-state index contributed by atoms with van der Waals surface area (Å²) in [5.74, 6) is 1.86. The number of rotatable bonds is 7. The van der Waals surface area contributed by atoms with Crippen LogP contribution in [0.3, 0.4) is 0 Å². The Morgan fingerprint density at radius 3 is 2.63 bits per heavy atom. The quantitative estimate of drug-likeness (QED) is 0.295. The van der Waals surface area contributed by atoms with E-state index in [2.05, 4.69) is 19.9 Å². The molecule has 0 saturated carbocycles. The Bertz CT molecular complexity index is 1500. The standard InChI is InChI=1S/C25H23F2N5O3/c1-13(12-34-25(26)27)32-23-17-9-21(33-4)18(22-14(2)31-35-15(22)3)8-19(17)29-11-20(23)30-24(32)16-6-5-7-28-10-16/h5-11,13,25H,12H2,1-4H3/t13-/m1/s1. The largest absolute Gasteiger partial charge is 0.496 e. The number of methoxy groups -OCH3 is 1. The number of pyridine rings is 2. The van der Waals surface area contributed by atoms with Gasteiger partial charge in [0.05, 0.1) is 48.2 Å². The summed E-state index contributed by atoms with van der Waals surface area (Å²) in [6.07, 6.45) is 5.03. The minimum Gasteiger partial charge on any atom is -0.496 e. The highest BCUT2D eigenvalue weighted by molar-refractivity contribution is 6.06. The fourth-order valence-corrected chi connectivity index (χ4v) is 4.45. The number of benzene rings is 1. The molecule has 10 heteroatoms. The normalized spacial score (nSPS) is 12.7. The first-order valence-electron chi connectivity index (χ1n) is 11.0. The molecule has 35 heavy (non-hydrogen) atoms. The molecule has 4 heterocycles. The zero-order valence-corrected chi connectivity index (χ0v) is 19.6. The first kappa shape index (κ1) is 22.9. The monoisotopic (exact) mass is 479 g/mol. The van der Waals surface area contributed by atoms with Crippen molar-refractivity contribution in [1.82, 2.24) is 24.7 Å². The molecule has 0 amide bonds. The van der Waals surface area contributed by atoms with Crippen molar-refractivity contribution in [2.24, 2.45) is 0 Å². The van der Waals surface area contributed by atoms with E-state index in [0.717, 1.165) is 33.3 Å². The Hall–Kier alpha value is -3.92. The summed E-state index contributed by atoms with van der Waals surface area (Å²) < 4.78 is 43.4. The van der Waals surface area contributed by atoms with Crippen LogP contribution < -0.4 is 4.74 Å². The van der Waals surface area contributed by atoms with Gasteiger partial charge in [-0.05, 0) is 45.0 Å². The van der Waals surface area contributed by atoms with Gasteiger partial charge in [0.2, 0.25) is 0 Å². The number of hydrogen-bond donors (Lipinski definition) is 0. The highest BCUT2D eigenvalue weighted by atomic mass is 19.3. The predicted molar refractivity (Wildman–Crippen MR) is 126 cm³/mol. The highest BCUT2D eigenvalue weighted by Crippen LogP contribution is 2.40. The predicted octanol–water partition coefficient (Wildman–Crippen LogP) is 5.73. The number of halogens is 2. The van der Waals surface area contributed by atoms with E-state index in [9.17, 15) is 8.78 Å². The third kappa shape index (κ3) is 3.99. The van der Waals surface area contributed by atoms with E-state index < -0.39 is 12.7 Å². The summed E-state index contributed by atoms with van der Waals surface area (Å²) >= 11 is 0. The molecular formula is C25H23F2N5O3. The number of aryl methyl sites for hydroxylation is 2. The van der Waals surface area contributed by atoms with Gasteiger partial charge in [0.25, 0.3) is 0 Å². The first-order chi connectivity index (χ1) is 16.9. The average Bonchev–Trinajstić information content (AvgIpc) is 3.42. The van der Waals surface area contributed by atoms with Crippen molar-refractivity contribution in [3.05, 3.63) is 54.3 Å². The van der Waals surface area contributed by atoms with Gasteiger partial charge >= 0.3 is 6.61 Å². The van der Waals surface area contributed by atoms with Gasteiger partial charge in [-0.25, -0.2) is 4.98 Å². The van der Waals surface area contributed by atoms with Crippen LogP contribution in [0.5, 0.6) is 5.75 Å². The maximum Gasteiger partial charge on any atom is 0.345 e. The molecule has 0 aliphatic heterocycles. The van der Waals surface area contributed by atoms with Crippen molar-refractivity contribution in [2.75, 3.05) is 13.7 Å². The van der Waals surface area contributed by atoms with Crippen molar-refractivity contribution in [2.45, 2.75) is 33.4 Å². The van der Waals surface area contributed by atoms with E-state index in [1.54, 1.807) is 31.8 Å². The molecule has 0 bridgehead atoms. The number of nitrogens with zero attached hydrogens (tertiary/aromatic N) is 5. The Morgan fingerprint density at radius 1 is 1.14 bits per heavy atom. The minimum absolute atomic E-state index is 0.200. The first-order valence-corrected chi connectivity index (χ1v) is 11.0. The van der Waals surface area contributed by atoms with Gasteiger partial charge < -0.3 is 18.6 Å². The molecule has 1 atom stereocenters. The minimum atomic E-state index is -2.87. The van der Waals surface area contributed by atoms with Gasteiger partial charge in [-0.2, -0.15) is 8.78 Å². The second-order valence-corrected chi connectivity index (χ2v) is 8.25. The number of hydrogen-bond acceptors (Lipinski definition) is 7. The molecule has 0 spiro atoms. The number of fused-ring (bicyclic) bond motifs is 3. The molecular weight excluding hydrogens is 456 g/mol. The number of aromatic nitrogens is 5. The molecule has 0 radical (unpaired) electrons. The molecule has 0 saturated heterocycles. The van der Waals surface area contributed by atoms with Crippen molar-refractivity contribution in [1.29, 1.82) is 0 Å². The molecule has 0 N–H and O–H groups in total. The fourth-order valence-electron chi connectivity index (χ4n) is 4.45. The average molecular weight is 479 g/mol. The summed E-state index contributed by atoms with van der Waals surface area (Å²) in [4.78, 5) is 13.6. The van der Waals surface area contributed by atoms with Crippen LogP contribution in [-0.2, 0) is 4.74 Å². The molecule has 0 aliphatic carbocycles. The summed E-state index contributed by atoms with van der Waals surface area (Å²) in [5, 5.41) is 4.83. The van der Waals surface area contributed by atoms with Crippen molar-refractivity contribution >= 4 is 21.9 Å². The van der Waals surface area contributed by atoms with Crippen LogP contribution in [0.1, 0.15) is 24.4 Å². The number of alkyl halides is 2. The second-order valence-electron chi connectivity index (χ2n) is 8.25. The zero-order chi connectivity index (χ0) is 24.7. The van der Waals surface area contributed by atoms with Crippen LogP contribution in [0, 0.1) is 13.8 Å². The van der Waals surface area contributed by atoms with Crippen molar-refractivity contribution < 1.29 is 22.8 Å². The third-order valence-corrected chi connectivity index (χ3v) is 5.96. The Morgan fingerprint density at radius 2 is 1.97 bits per heavy atom. The SMILES string of the molecule is COc1cc2c(cc1-c1c(C)noc1C)ncc1nc(-c3cccnc3)n([C@H](C)COC(F)F)c12. The molecule has 0 aliphatic rings. The van der Waals surface area contributed by atoms with E-state index in [4.69, 9.17) is 14.2 Å². The fraction of sp³-hybridized carbons (Fsp3) is 0.280. The van der Waals surface area contributed by atoms with Crippen LogP contribution >= 0.6 is 0 Å². The maximum atomic E-state index is 12.9. The third-order valence-electron chi connectivity index (χ3n) is 5.96. The lowest BCUT2D eigenvalue weighted by atomic mass is 10.0. The van der Waals surface area contributed by atoms with E-state index in [1.165, 1.54) is 0 Å². The lowest BCUT2D eigenvalue weighted by Crippen LogP contribution is -2.15. The van der Waals surface area contributed by atoms with E-state index in [0.29, 0.717) is 28.4 Å². The van der Waals surface area contributed by atoms with Crippen LogP contribution in [-0.4, -0.2) is 45.0 Å². The molecule has 0 fully saturated rings. The van der Waals surface area contributed by atoms with Crippen LogP contribution in [0.25, 0.3) is 44.5 Å². The molecule has 5 rings (SSSR count). The van der Waals surface area contributed by atoms with Gasteiger partial charge in [0, 0.05) is 28.9 Å². The Balaban J connectivity index is 1.80. The smallest absolute Gasteiger partial charge is 0.345 e. The topological polar surface area (TPSA) is 88.1 Å². The number of ether oxygens (including phenoxy) is 2. The molecule has 1 aromatic carbocycles. The van der Waals surface area contributed by atoms with Crippen LogP contribution in [0.4, 0.5) is 8.78 Å². The van der Waals surface area contributed by atoms with E-state index in [-0.39, 0.29) is 6.61 Å². The molecule has 180 valence electrons. The van der Waals surface area contributed by atoms with E-state index >= 15 is 0 Å². The molecule has 8 nitrogen and oxygen atoms in total. The van der Waals surface area contributed by atoms with Crippen LogP contribution in [0.2, 0.25) is 0 Å². The lowest BCUT2D eigenvalue weighted by Gasteiger charge is -2.19. The van der Waals surface area contributed by atoms with Gasteiger partial charge in [-0.3, -0.25) is 9.97 Å².